The minimum atomic E-state index is -4.71. The molecule has 3 rings (SSSR count). The third kappa shape index (κ3) is 4.96. The Bertz CT molecular complexity index is 1160. The van der Waals surface area contributed by atoms with Crippen LogP contribution in [-0.2, 0) is 6.18 Å². The van der Waals surface area contributed by atoms with E-state index in [0.717, 1.165) is 18.2 Å². The monoisotopic (exact) mass is 451 g/mol. The van der Waals surface area contributed by atoms with Gasteiger partial charge < -0.3 is 15.4 Å². The fraction of sp³-hybridized carbons (Fsp3) is 0.182. The Morgan fingerprint density at radius 3 is 2.28 bits per heavy atom. The highest BCUT2D eigenvalue weighted by molar-refractivity contribution is 6.09. The molecule has 3 aromatic rings. The van der Waals surface area contributed by atoms with Crippen molar-refractivity contribution in [2.24, 2.45) is 0 Å². The zero-order valence-corrected chi connectivity index (χ0v) is 17.2. The second-order valence-corrected chi connectivity index (χ2v) is 6.90. The van der Waals surface area contributed by atoms with E-state index in [9.17, 15) is 26.7 Å². The first-order valence-corrected chi connectivity index (χ1v) is 9.26. The number of benzene rings is 2. The van der Waals surface area contributed by atoms with Crippen molar-refractivity contribution in [1.82, 2.24) is 4.98 Å². The van der Waals surface area contributed by atoms with Crippen LogP contribution in [-0.4, -0.2) is 18.0 Å². The molecular formula is C22H18F5N3O2. The second kappa shape index (κ2) is 8.81. The molecule has 1 aromatic heterocycles. The first kappa shape index (κ1) is 23.0. The predicted molar refractivity (Wildman–Crippen MR) is 109 cm³/mol. The summed E-state index contributed by atoms with van der Waals surface area (Å²) in [6.07, 6.45) is -4.71. The SMILES string of the molecule is COc1ccc(NC(=O)c2cc(C(F)(F)F)ccc2Nc2c(C)cc(F)cc2F)c(C)n1. The molecule has 5 nitrogen and oxygen atoms in total. The maximum absolute atomic E-state index is 14.3. The summed E-state index contributed by atoms with van der Waals surface area (Å²) in [5.41, 5.74) is -0.912. The highest BCUT2D eigenvalue weighted by atomic mass is 19.4. The second-order valence-electron chi connectivity index (χ2n) is 6.90. The molecular weight excluding hydrogens is 433 g/mol. The molecule has 10 heteroatoms. The molecule has 0 aliphatic rings. The molecule has 168 valence electrons. The number of carbonyl (C=O) groups is 1. The fourth-order valence-electron chi connectivity index (χ4n) is 2.99. The van der Waals surface area contributed by atoms with Crippen LogP contribution in [0.1, 0.15) is 27.2 Å². The molecule has 0 fully saturated rings. The van der Waals surface area contributed by atoms with Crippen molar-refractivity contribution in [2.75, 3.05) is 17.7 Å². The molecule has 0 atom stereocenters. The van der Waals surface area contributed by atoms with Crippen LogP contribution < -0.4 is 15.4 Å². The molecule has 0 saturated heterocycles. The van der Waals surface area contributed by atoms with E-state index in [1.54, 1.807) is 6.92 Å². The number of halogens is 5. The minimum Gasteiger partial charge on any atom is -0.481 e. The number of ether oxygens (including phenoxy) is 1. The Labute approximate surface area is 180 Å². The van der Waals surface area contributed by atoms with Gasteiger partial charge in [-0.05, 0) is 49.7 Å². The number of anilines is 3. The quantitative estimate of drug-likeness (QED) is 0.467. The van der Waals surface area contributed by atoms with Crippen molar-refractivity contribution in [3.63, 3.8) is 0 Å². The van der Waals surface area contributed by atoms with E-state index in [2.05, 4.69) is 15.6 Å². The third-order valence-electron chi connectivity index (χ3n) is 4.62. The molecule has 0 saturated carbocycles. The number of aryl methyl sites for hydroxylation is 2. The number of alkyl halides is 3. The standard InChI is InChI=1S/C22H18F5N3O2/c1-11-8-14(23)10-16(24)20(11)29-18-5-4-13(22(25,26)27)9-15(18)21(31)30-17-6-7-19(32-3)28-12(17)2/h4-10,29H,1-3H3,(H,30,31). The molecule has 0 aliphatic heterocycles. The van der Waals surface area contributed by atoms with E-state index in [0.29, 0.717) is 23.7 Å². The summed E-state index contributed by atoms with van der Waals surface area (Å²) in [6.45, 7) is 3.01. The molecule has 0 radical (unpaired) electrons. The normalized spacial score (nSPS) is 11.2. The summed E-state index contributed by atoms with van der Waals surface area (Å²) in [6, 6.07) is 7.08. The van der Waals surface area contributed by atoms with E-state index in [-0.39, 0.29) is 22.6 Å². The lowest BCUT2D eigenvalue weighted by Gasteiger charge is -2.17. The van der Waals surface area contributed by atoms with Gasteiger partial charge in [0.25, 0.3) is 5.91 Å². The van der Waals surface area contributed by atoms with E-state index in [1.807, 2.05) is 0 Å². The summed E-state index contributed by atoms with van der Waals surface area (Å²) in [5.74, 6) is -2.35. The lowest BCUT2D eigenvalue weighted by molar-refractivity contribution is -0.137. The molecule has 0 bridgehead atoms. The number of aromatic nitrogens is 1. The Morgan fingerprint density at radius 1 is 1.00 bits per heavy atom. The van der Waals surface area contributed by atoms with Crippen LogP contribution in [0, 0.1) is 25.5 Å². The Hall–Kier alpha value is -3.69. The minimum absolute atomic E-state index is 0.0942. The van der Waals surface area contributed by atoms with Crippen molar-refractivity contribution in [3.05, 3.63) is 76.5 Å². The molecule has 0 spiro atoms. The summed E-state index contributed by atoms with van der Waals surface area (Å²) in [5, 5.41) is 5.11. The zero-order chi connectivity index (χ0) is 23.6. The van der Waals surface area contributed by atoms with Gasteiger partial charge in [-0.2, -0.15) is 13.2 Å². The summed E-state index contributed by atoms with van der Waals surface area (Å²) in [7, 11) is 1.41. The van der Waals surface area contributed by atoms with E-state index in [4.69, 9.17) is 4.74 Å². The van der Waals surface area contributed by atoms with Gasteiger partial charge in [0.05, 0.1) is 41.0 Å². The topological polar surface area (TPSA) is 63.2 Å². The van der Waals surface area contributed by atoms with Gasteiger partial charge in [-0.25, -0.2) is 13.8 Å². The van der Waals surface area contributed by atoms with Crippen LogP contribution in [0.3, 0.4) is 0 Å². The first-order valence-electron chi connectivity index (χ1n) is 9.26. The number of rotatable bonds is 5. The van der Waals surface area contributed by atoms with E-state index >= 15 is 0 Å². The van der Waals surface area contributed by atoms with E-state index in [1.165, 1.54) is 26.2 Å². The lowest BCUT2D eigenvalue weighted by Crippen LogP contribution is -2.17. The molecule has 2 N–H and O–H groups in total. The zero-order valence-electron chi connectivity index (χ0n) is 17.2. The number of hydrogen-bond acceptors (Lipinski definition) is 4. The molecule has 0 aliphatic carbocycles. The maximum atomic E-state index is 14.3. The highest BCUT2D eigenvalue weighted by Gasteiger charge is 2.32. The molecule has 1 amide bonds. The number of nitrogens with one attached hydrogen (secondary N) is 2. The van der Waals surface area contributed by atoms with Gasteiger partial charge in [-0.15, -0.1) is 0 Å². The van der Waals surface area contributed by atoms with Gasteiger partial charge >= 0.3 is 6.18 Å². The summed E-state index contributed by atoms with van der Waals surface area (Å²) in [4.78, 5) is 17.0. The van der Waals surface area contributed by atoms with Gasteiger partial charge in [-0.1, -0.05) is 0 Å². The molecule has 0 unspecified atom stereocenters. The largest absolute Gasteiger partial charge is 0.481 e. The number of amides is 1. The van der Waals surface area contributed by atoms with Crippen LogP contribution in [0.5, 0.6) is 5.88 Å². The van der Waals surface area contributed by atoms with Crippen LogP contribution in [0.4, 0.5) is 39.0 Å². The van der Waals surface area contributed by atoms with Crippen molar-refractivity contribution in [3.8, 4) is 5.88 Å². The number of pyridine rings is 1. The fourth-order valence-corrected chi connectivity index (χ4v) is 2.99. The molecule has 2 aromatic carbocycles. The van der Waals surface area contributed by atoms with Crippen molar-refractivity contribution < 1.29 is 31.5 Å². The van der Waals surface area contributed by atoms with Crippen molar-refractivity contribution in [1.29, 1.82) is 0 Å². The Balaban J connectivity index is 2.03. The van der Waals surface area contributed by atoms with Gasteiger partial charge in [-0.3, -0.25) is 4.79 Å². The van der Waals surface area contributed by atoms with Crippen molar-refractivity contribution in [2.45, 2.75) is 20.0 Å². The van der Waals surface area contributed by atoms with Crippen LogP contribution in [0.2, 0.25) is 0 Å². The third-order valence-corrected chi connectivity index (χ3v) is 4.62. The van der Waals surface area contributed by atoms with Gasteiger partial charge in [0.15, 0.2) is 0 Å². The summed E-state index contributed by atoms with van der Waals surface area (Å²) >= 11 is 0. The Morgan fingerprint density at radius 2 is 1.69 bits per heavy atom. The average Bonchev–Trinajstić information content (AvgIpc) is 2.71. The van der Waals surface area contributed by atoms with E-state index < -0.39 is 34.8 Å². The maximum Gasteiger partial charge on any atom is 0.416 e. The highest BCUT2D eigenvalue weighted by Crippen LogP contribution is 2.34. The number of hydrogen-bond donors (Lipinski definition) is 2. The molecule has 32 heavy (non-hydrogen) atoms. The van der Waals surface area contributed by atoms with Crippen LogP contribution in [0.25, 0.3) is 0 Å². The molecule has 1 heterocycles. The van der Waals surface area contributed by atoms with Crippen LogP contribution in [0.15, 0.2) is 42.5 Å². The van der Waals surface area contributed by atoms with Gasteiger partial charge in [0.1, 0.15) is 11.6 Å². The van der Waals surface area contributed by atoms with Gasteiger partial charge in [0.2, 0.25) is 5.88 Å². The number of carbonyl (C=O) groups excluding carboxylic acids is 1. The van der Waals surface area contributed by atoms with Gasteiger partial charge in [0, 0.05) is 12.1 Å². The number of methoxy groups -OCH3 is 1. The lowest BCUT2D eigenvalue weighted by atomic mass is 10.1. The van der Waals surface area contributed by atoms with Crippen molar-refractivity contribution >= 4 is 23.0 Å². The Kier molecular flexibility index (Phi) is 6.33. The van der Waals surface area contributed by atoms with Crippen LogP contribution >= 0.6 is 0 Å². The number of nitrogens with zero attached hydrogens (tertiary/aromatic N) is 1. The first-order chi connectivity index (χ1) is 15.0. The predicted octanol–water partition coefficient (Wildman–Crippen LogP) is 6.00. The smallest absolute Gasteiger partial charge is 0.416 e. The average molecular weight is 451 g/mol. The summed E-state index contributed by atoms with van der Waals surface area (Å²) < 4.78 is 72.4.